The Bertz CT molecular complexity index is 916. The number of imidazole rings is 1. The van der Waals surface area contributed by atoms with E-state index in [1.807, 2.05) is 11.0 Å². The summed E-state index contributed by atoms with van der Waals surface area (Å²) >= 11 is 0. The van der Waals surface area contributed by atoms with Crippen molar-refractivity contribution in [3.8, 4) is 0 Å². The first-order valence-electron chi connectivity index (χ1n) is 8.67. The minimum absolute atomic E-state index is 0.331. The lowest BCUT2D eigenvalue weighted by atomic mass is 10.2. The van der Waals surface area contributed by atoms with Crippen molar-refractivity contribution in [2.24, 2.45) is 0 Å². The predicted molar refractivity (Wildman–Crippen MR) is 95.0 cm³/mol. The van der Waals surface area contributed by atoms with Crippen LogP contribution in [0.4, 0.5) is 19.1 Å². The van der Waals surface area contributed by atoms with Crippen molar-refractivity contribution in [3.63, 3.8) is 0 Å². The number of alkyl halides is 1. The highest BCUT2D eigenvalue weighted by atomic mass is 19.2. The Morgan fingerprint density at radius 1 is 1.00 bits per heavy atom. The minimum Gasteiger partial charge on any atom is -0.341 e. The lowest BCUT2D eigenvalue weighted by molar-refractivity contribution is 0.289. The van der Waals surface area contributed by atoms with Crippen LogP contribution in [0.5, 0.6) is 0 Å². The third-order valence-electron chi connectivity index (χ3n) is 4.66. The Hall–Kier alpha value is -2.54. The second-order valence-electron chi connectivity index (χ2n) is 6.34. The smallest absolute Gasteiger partial charge is 0.209 e. The molecule has 136 valence electrons. The largest absolute Gasteiger partial charge is 0.341 e. The zero-order valence-corrected chi connectivity index (χ0v) is 14.1. The van der Waals surface area contributed by atoms with E-state index in [2.05, 4.69) is 10.3 Å². The normalized spacial score (nSPS) is 16.7. The highest BCUT2D eigenvalue weighted by Gasteiger charge is 2.27. The zero-order chi connectivity index (χ0) is 18.1. The van der Waals surface area contributed by atoms with Crippen LogP contribution in [0.25, 0.3) is 11.0 Å². The summed E-state index contributed by atoms with van der Waals surface area (Å²) in [5.74, 6) is -1.79. The molecule has 1 saturated heterocycles. The first-order valence-corrected chi connectivity index (χ1v) is 8.67. The van der Waals surface area contributed by atoms with Crippen LogP contribution in [0.2, 0.25) is 0 Å². The van der Waals surface area contributed by atoms with Crippen molar-refractivity contribution in [1.29, 1.82) is 0 Å². The summed E-state index contributed by atoms with van der Waals surface area (Å²) in [4.78, 5) is 6.57. The van der Waals surface area contributed by atoms with Gasteiger partial charge >= 0.3 is 0 Å². The second-order valence-corrected chi connectivity index (χ2v) is 6.34. The number of para-hydroxylation sites is 2. The SMILES string of the molecule is Fc1cccc(C(F)n2c(N3CCCNCC3)nc3ccccc32)c1F. The summed E-state index contributed by atoms with van der Waals surface area (Å²) in [5, 5.41) is 3.30. The second kappa shape index (κ2) is 6.99. The molecular formula is C19H19F3N4. The van der Waals surface area contributed by atoms with E-state index in [1.54, 1.807) is 18.2 Å². The molecule has 0 bridgehead atoms. The number of hydrogen-bond donors (Lipinski definition) is 1. The number of halogens is 3. The van der Waals surface area contributed by atoms with Crippen LogP contribution in [-0.2, 0) is 0 Å². The summed E-state index contributed by atoms with van der Waals surface area (Å²) in [5.41, 5.74) is 0.845. The average Bonchev–Trinajstić information content (AvgIpc) is 2.83. The molecule has 2 aromatic carbocycles. The fourth-order valence-electron chi connectivity index (χ4n) is 3.37. The molecule has 0 saturated carbocycles. The van der Waals surface area contributed by atoms with Crippen molar-refractivity contribution in [1.82, 2.24) is 14.9 Å². The molecule has 26 heavy (non-hydrogen) atoms. The zero-order valence-electron chi connectivity index (χ0n) is 14.1. The number of nitrogens with zero attached hydrogens (tertiary/aromatic N) is 3. The Labute approximate surface area is 149 Å². The van der Waals surface area contributed by atoms with Crippen molar-refractivity contribution in [2.45, 2.75) is 12.7 Å². The third-order valence-corrected chi connectivity index (χ3v) is 4.66. The van der Waals surface area contributed by atoms with E-state index in [0.717, 1.165) is 25.6 Å². The van der Waals surface area contributed by atoms with Crippen LogP contribution >= 0.6 is 0 Å². The van der Waals surface area contributed by atoms with Crippen LogP contribution in [0, 0.1) is 11.6 Å². The fourth-order valence-corrected chi connectivity index (χ4v) is 3.37. The van der Waals surface area contributed by atoms with E-state index in [4.69, 9.17) is 0 Å². The predicted octanol–water partition coefficient (Wildman–Crippen LogP) is 3.63. The summed E-state index contributed by atoms with van der Waals surface area (Å²) in [7, 11) is 0. The van der Waals surface area contributed by atoms with Gasteiger partial charge in [0.1, 0.15) is 0 Å². The maximum absolute atomic E-state index is 15.5. The molecule has 1 N–H and O–H groups in total. The van der Waals surface area contributed by atoms with Gasteiger partial charge in [0.05, 0.1) is 11.0 Å². The number of anilines is 1. The summed E-state index contributed by atoms with van der Waals surface area (Å²) < 4.78 is 44.7. The van der Waals surface area contributed by atoms with Crippen LogP contribution < -0.4 is 10.2 Å². The van der Waals surface area contributed by atoms with Crippen molar-refractivity contribution >= 4 is 17.0 Å². The summed E-state index contributed by atoms with van der Waals surface area (Å²) in [6, 6.07) is 10.7. The quantitative estimate of drug-likeness (QED) is 0.774. The molecule has 2 heterocycles. The molecule has 0 radical (unpaired) electrons. The molecule has 0 amide bonds. The molecule has 7 heteroatoms. The van der Waals surface area contributed by atoms with E-state index >= 15 is 4.39 Å². The molecule has 4 rings (SSSR count). The van der Waals surface area contributed by atoms with Gasteiger partial charge < -0.3 is 10.2 Å². The number of aromatic nitrogens is 2. The third kappa shape index (κ3) is 2.92. The van der Waals surface area contributed by atoms with Gasteiger partial charge in [-0.05, 0) is 31.2 Å². The van der Waals surface area contributed by atoms with E-state index in [-0.39, 0.29) is 5.56 Å². The molecule has 1 aliphatic heterocycles. The van der Waals surface area contributed by atoms with E-state index in [9.17, 15) is 8.78 Å². The van der Waals surface area contributed by atoms with Crippen LogP contribution in [-0.4, -0.2) is 35.7 Å². The molecule has 1 aliphatic rings. The van der Waals surface area contributed by atoms with Gasteiger partial charge in [-0.1, -0.05) is 24.3 Å². The van der Waals surface area contributed by atoms with Gasteiger partial charge in [0.25, 0.3) is 0 Å². The van der Waals surface area contributed by atoms with Crippen LogP contribution in [0.3, 0.4) is 0 Å². The molecule has 0 spiro atoms. The lowest BCUT2D eigenvalue weighted by Crippen LogP contribution is -2.31. The van der Waals surface area contributed by atoms with Crippen LogP contribution in [0.1, 0.15) is 18.3 Å². The number of rotatable bonds is 3. The lowest BCUT2D eigenvalue weighted by Gasteiger charge is -2.24. The Morgan fingerprint density at radius 3 is 2.73 bits per heavy atom. The highest BCUT2D eigenvalue weighted by Crippen LogP contribution is 2.33. The number of nitrogens with one attached hydrogen (secondary N) is 1. The summed E-state index contributed by atoms with van der Waals surface area (Å²) in [6.07, 6.45) is -0.974. The van der Waals surface area contributed by atoms with E-state index in [0.29, 0.717) is 30.1 Å². The Balaban J connectivity index is 1.86. The van der Waals surface area contributed by atoms with Gasteiger partial charge in [-0.25, -0.2) is 18.2 Å². The molecule has 1 fully saturated rings. The van der Waals surface area contributed by atoms with E-state index in [1.165, 1.54) is 16.7 Å². The first-order chi connectivity index (χ1) is 12.7. The average molecular weight is 360 g/mol. The number of hydrogen-bond acceptors (Lipinski definition) is 3. The molecule has 1 aromatic heterocycles. The fraction of sp³-hybridized carbons (Fsp3) is 0.316. The molecule has 3 aromatic rings. The number of fused-ring (bicyclic) bond motifs is 1. The van der Waals surface area contributed by atoms with Crippen molar-refractivity contribution in [2.75, 3.05) is 31.1 Å². The van der Waals surface area contributed by atoms with Gasteiger partial charge in [0.2, 0.25) is 12.2 Å². The molecule has 0 aliphatic carbocycles. The molecule has 1 unspecified atom stereocenters. The maximum Gasteiger partial charge on any atom is 0.209 e. The highest BCUT2D eigenvalue weighted by molar-refractivity contribution is 5.79. The van der Waals surface area contributed by atoms with Gasteiger partial charge in [-0.3, -0.25) is 4.57 Å². The topological polar surface area (TPSA) is 33.1 Å². The Morgan fingerprint density at radius 2 is 1.85 bits per heavy atom. The van der Waals surface area contributed by atoms with Gasteiger partial charge in [-0.15, -0.1) is 0 Å². The Kier molecular flexibility index (Phi) is 4.55. The van der Waals surface area contributed by atoms with Gasteiger partial charge in [0, 0.05) is 25.2 Å². The van der Waals surface area contributed by atoms with E-state index < -0.39 is 17.9 Å². The number of benzene rings is 2. The minimum atomic E-state index is -1.87. The maximum atomic E-state index is 15.5. The standard InChI is InChI=1S/C19H19F3N4/c20-14-6-3-5-13(17(14)21)18(22)26-16-8-2-1-7-15(16)24-19(26)25-11-4-9-23-10-12-25/h1-3,5-8,18,23H,4,9-12H2. The molecule has 1 atom stereocenters. The first kappa shape index (κ1) is 16.9. The van der Waals surface area contributed by atoms with Gasteiger partial charge in [-0.2, -0.15) is 0 Å². The molecule has 4 nitrogen and oxygen atoms in total. The summed E-state index contributed by atoms with van der Waals surface area (Å²) in [6.45, 7) is 3.03. The van der Waals surface area contributed by atoms with Gasteiger partial charge in [0.15, 0.2) is 11.6 Å². The van der Waals surface area contributed by atoms with Crippen LogP contribution in [0.15, 0.2) is 42.5 Å². The van der Waals surface area contributed by atoms with Crippen molar-refractivity contribution in [3.05, 3.63) is 59.7 Å². The molecular weight excluding hydrogens is 341 g/mol. The monoisotopic (exact) mass is 360 g/mol. The van der Waals surface area contributed by atoms with Crippen molar-refractivity contribution < 1.29 is 13.2 Å².